The van der Waals surface area contributed by atoms with Crippen LogP contribution in [-0.2, 0) is 11.2 Å². The fraction of sp³-hybridized carbons (Fsp3) is 0.208. The number of carbonyl (C=O) groups excluding carboxylic acids is 1. The number of fused-ring (bicyclic) bond motifs is 2. The monoisotopic (exact) mass is 368 g/mol. The van der Waals surface area contributed by atoms with E-state index in [0.29, 0.717) is 11.5 Å². The molecular formula is C24H20N2O2. The van der Waals surface area contributed by atoms with Gasteiger partial charge in [0.15, 0.2) is 6.61 Å². The summed E-state index contributed by atoms with van der Waals surface area (Å²) in [5.74, 6) is -0.0718. The second-order valence-electron chi connectivity index (χ2n) is 7.16. The van der Waals surface area contributed by atoms with Crippen LogP contribution in [0.5, 0.6) is 0 Å². The van der Waals surface area contributed by atoms with Gasteiger partial charge in [0, 0.05) is 5.39 Å². The maximum Gasteiger partial charge on any atom is 0.340 e. The standard InChI is InChI=1S/C24H20N2O2/c1-16-13-18(15-17-7-3-2-4-8-17)23-20(14-16)22(24(27)28-12-11-25)19-9-5-6-10-21(19)26-23/h2-10,15-16H,12-14H2,1H3. The Morgan fingerprint density at radius 3 is 2.71 bits per heavy atom. The number of nitrogens with zero attached hydrogens (tertiary/aromatic N) is 2. The van der Waals surface area contributed by atoms with Gasteiger partial charge in [0.1, 0.15) is 6.07 Å². The van der Waals surface area contributed by atoms with Gasteiger partial charge in [0.2, 0.25) is 0 Å². The lowest BCUT2D eigenvalue weighted by Crippen LogP contribution is -2.19. The van der Waals surface area contributed by atoms with Crippen LogP contribution in [0.3, 0.4) is 0 Å². The van der Waals surface area contributed by atoms with Crippen molar-refractivity contribution in [2.75, 3.05) is 6.61 Å². The lowest BCUT2D eigenvalue weighted by molar-refractivity contribution is 0.0555. The van der Waals surface area contributed by atoms with E-state index in [2.05, 4.69) is 25.1 Å². The smallest absolute Gasteiger partial charge is 0.340 e. The van der Waals surface area contributed by atoms with Crippen LogP contribution in [-0.4, -0.2) is 17.6 Å². The summed E-state index contributed by atoms with van der Waals surface area (Å²) in [6, 6.07) is 19.6. The van der Waals surface area contributed by atoms with Gasteiger partial charge in [-0.1, -0.05) is 55.5 Å². The summed E-state index contributed by atoms with van der Waals surface area (Å²) in [6.45, 7) is 1.92. The molecule has 0 N–H and O–H groups in total. The first kappa shape index (κ1) is 17.9. The zero-order valence-electron chi connectivity index (χ0n) is 15.7. The highest BCUT2D eigenvalue weighted by Gasteiger charge is 2.28. The largest absolute Gasteiger partial charge is 0.447 e. The van der Waals surface area contributed by atoms with Crippen molar-refractivity contribution >= 4 is 28.5 Å². The molecule has 0 amide bonds. The van der Waals surface area contributed by atoms with E-state index in [0.717, 1.165) is 46.1 Å². The number of nitriles is 1. The highest BCUT2D eigenvalue weighted by atomic mass is 16.5. The molecule has 0 saturated heterocycles. The zero-order valence-corrected chi connectivity index (χ0v) is 15.7. The fourth-order valence-electron chi connectivity index (χ4n) is 3.89. The Morgan fingerprint density at radius 1 is 1.18 bits per heavy atom. The van der Waals surface area contributed by atoms with Crippen molar-refractivity contribution in [3.8, 4) is 6.07 Å². The van der Waals surface area contributed by atoms with Gasteiger partial charge in [0.25, 0.3) is 0 Å². The Kier molecular flexibility index (Phi) is 4.90. The van der Waals surface area contributed by atoms with Gasteiger partial charge in [0.05, 0.1) is 16.8 Å². The van der Waals surface area contributed by atoms with E-state index in [4.69, 9.17) is 15.0 Å². The molecule has 1 aromatic heterocycles. The Bertz CT molecular complexity index is 1110. The molecule has 4 nitrogen and oxygen atoms in total. The molecule has 0 fully saturated rings. The lowest BCUT2D eigenvalue weighted by atomic mass is 9.80. The van der Waals surface area contributed by atoms with Crippen LogP contribution < -0.4 is 0 Å². The third kappa shape index (κ3) is 3.39. The minimum absolute atomic E-state index is 0.257. The van der Waals surface area contributed by atoms with Gasteiger partial charge in [-0.15, -0.1) is 0 Å². The van der Waals surface area contributed by atoms with E-state index in [1.807, 2.05) is 48.5 Å². The Morgan fingerprint density at radius 2 is 1.93 bits per heavy atom. The molecule has 1 unspecified atom stereocenters. The number of para-hydroxylation sites is 1. The van der Waals surface area contributed by atoms with Crippen LogP contribution >= 0.6 is 0 Å². The lowest BCUT2D eigenvalue weighted by Gasteiger charge is -2.26. The van der Waals surface area contributed by atoms with E-state index in [-0.39, 0.29) is 6.61 Å². The molecule has 3 aromatic rings. The van der Waals surface area contributed by atoms with Gasteiger partial charge >= 0.3 is 5.97 Å². The Labute approximate surface area is 164 Å². The highest BCUT2D eigenvalue weighted by molar-refractivity contribution is 6.06. The molecule has 1 aliphatic rings. The maximum atomic E-state index is 12.8. The quantitative estimate of drug-likeness (QED) is 0.608. The number of esters is 1. The molecule has 0 radical (unpaired) electrons. The van der Waals surface area contributed by atoms with E-state index >= 15 is 0 Å². The van der Waals surface area contributed by atoms with Crippen LogP contribution in [0.4, 0.5) is 0 Å². The summed E-state index contributed by atoms with van der Waals surface area (Å²) in [6.07, 6.45) is 3.82. The Balaban J connectivity index is 1.95. The number of hydrogen-bond donors (Lipinski definition) is 0. The number of benzene rings is 2. The van der Waals surface area contributed by atoms with Gasteiger partial charge in [-0.25, -0.2) is 9.78 Å². The maximum absolute atomic E-state index is 12.8. The number of pyridine rings is 1. The minimum Gasteiger partial charge on any atom is -0.447 e. The zero-order chi connectivity index (χ0) is 19.5. The molecule has 0 saturated carbocycles. The summed E-state index contributed by atoms with van der Waals surface area (Å²) in [4.78, 5) is 17.8. The van der Waals surface area contributed by atoms with E-state index in [9.17, 15) is 4.79 Å². The van der Waals surface area contributed by atoms with Crippen LogP contribution in [0.15, 0.2) is 54.6 Å². The molecule has 138 valence electrons. The first-order valence-electron chi connectivity index (χ1n) is 9.39. The van der Waals surface area contributed by atoms with Crippen molar-refractivity contribution in [1.29, 1.82) is 5.26 Å². The number of carbonyl (C=O) groups is 1. The summed E-state index contributed by atoms with van der Waals surface area (Å²) in [5.41, 5.74) is 5.33. The number of allylic oxidation sites excluding steroid dienone is 1. The number of aromatic nitrogens is 1. The van der Waals surface area contributed by atoms with Crippen LogP contribution in [0.25, 0.3) is 22.6 Å². The summed E-state index contributed by atoms with van der Waals surface area (Å²) < 4.78 is 5.19. The second-order valence-corrected chi connectivity index (χ2v) is 7.16. The highest BCUT2D eigenvalue weighted by Crippen LogP contribution is 2.38. The second kappa shape index (κ2) is 7.66. The molecular weight excluding hydrogens is 348 g/mol. The summed E-state index contributed by atoms with van der Waals surface area (Å²) >= 11 is 0. The van der Waals surface area contributed by atoms with Crippen molar-refractivity contribution in [3.05, 3.63) is 77.0 Å². The normalized spacial score (nSPS) is 17.1. The van der Waals surface area contributed by atoms with Crippen LogP contribution in [0.1, 0.15) is 40.5 Å². The molecule has 4 heteroatoms. The molecule has 0 spiro atoms. The number of hydrogen-bond acceptors (Lipinski definition) is 4. The summed E-state index contributed by atoms with van der Waals surface area (Å²) in [7, 11) is 0. The van der Waals surface area contributed by atoms with Crippen LogP contribution in [0, 0.1) is 17.2 Å². The van der Waals surface area contributed by atoms with Gasteiger partial charge < -0.3 is 4.74 Å². The average molecular weight is 368 g/mol. The first-order valence-corrected chi connectivity index (χ1v) is 9.39. The number of ether oxygens (including phenoxy) is 1. The molecule has 1 aliphatic carbocycles. The van der Waals surface area contributed by atoms with Crippen LogP contribution in [0.2, 0.25) is 0 Å². The van der Waals surface area contributed by atoms with Crippen molar-refractivity contribution in [3.63, 3.8) is 0 Å². The molecule has 1 atom stereocenters. The SMILES string of the molecule is CC1CC(=Cc2ccccc2)c2nc3ccccc3c(C(=O)OCC#N)c2C1. The third-order valence-corrected chi connectivity index (χ3v) is 5.03. The molecule has 0 aliphatic heterocycles. The molecule has 1 heterocycles. The van der Waals surface area contributed by atoms with Crippen molar-refractivity contribution < 1.29 is 9.53 Å². The van der Waals surface area contributed by atoms with Crippen molar-refractivity contribution in [2.24, 2.45) is 5.92 Å². The molecule has 0 bridgehead atoms. The predicted molar refractivity (Wildman–Crippen MR) is 109 cm³/mol. The Hall–Kier alpha value is -3.45. The van der Waals surface area contributed by atoms with E-state index in [1.54, 1.807) is 0 Å². The van der Waals surface area contributed by atoms with Crippen molar-refractivity contribution in [2.45, 2.75) is 19.8 Å². The van der Waals surface area contributed by atoms with E-state index in [1.165, 1.54) is 0 Å². The first-order chi connectivity index (χ1) is 13.7. The summed E-state index contributed by atoms with van der Waals surface area (Å²) in [5, 5.41) is 9.59. The molecule has 2 aromatic carbocycles. The third-order valence-electron chi connectivity index (χ3n) is 5.03. The molecule has 4 rings (SSSR count). The van der Waals surface area contributed by atoms with Gasteiger partial charge in [-0.2, -0.15) is 5.26 Å². The number of rotatable bonds is 3. The van der Waals surface area contributed by atoms with E-state index < -0.39 is 5.97 Å². The van der Waals surface area contributed by atoms with Gasteiger partial charge in [-0.3, -0.25) is 0 Å². The molecule has 28 heavy (non-hydrogen) atoms. The van der Waals surface area contributed by atoms with Gasteiger partial charge in [-0.05, 0) is 47.6 Å². The van der Waals surface area contributed by atoms with Crippen molar-refractivity contribution in [1.82, 2.24) is 4.98 Å². The fourth-order valence-corrected chi connectivity index (χ4v) is 3.89. The minimum atomic E-state index is -0.454. The topological polar surface area (TPSA) is 63.0 Å². The predicted octanol–water partition coefficient (Wildman–Crippen LogP) is 5.04. The average Bonchev–Trinajstić information content (AvgIpc) is 2.71.